The molecule has 0 atom stereocenters. The molecule has 31 heavy (non-hydrogen) atoms. The van der Waals surface area contributed by atoms with Crippen LogP contribution < -0.4 is 4.90 Å². The van der Waals surface area contributed by atoms with Gasteiger partial charge in [-0.1, -0.05) is 43.1 Å². The Morgan fingerprint density at radius 2 is 1.68 bits per heavy atom. The van der Waals surface area contributed by atoms with Crippen LogP contribution in [0.1, 0.15) is 45.4 Å². The number of halogens is 1. The Labute approximate surface area is 193 Å². The highest BCUT2D eigenvalue weighted by atomic mass is 35.5. The van der Waals surface area contributed by atoms with Gasteiger partial charge in [0.2, 0.25) is 11.8 Å². The van der Waals surface area contributed by atoms with Gasteiger partial charge in [0.25, 0.3) is 0 Å². The SMILES string of the molecule is CC1CCN(C(=O)CSc2nc(Cl)cc(N3CCN(C(=O)C4CCCC4)CC3)n2)CC1. The van der Waals surface area contributed by atoms with Crippen molar-refractivity contribution < 1.29 is 9.59 Å². The van der Waals surface area contributed by atoms with E-state index in [9.17, 15) is 9.59 Å². The molecule has 3 aliphatic rings. The maximum Gasteiger partial charge on any atom is 0.233 e. The Morgan fingerprint density at radius 1 is 1.00 bits per heavy atom. The predicted molar refractivity (Wildman–Crippen MR) is 123 cm³/mol. The number of anilines is 1. The van der Waals surface area contributed by atoms with Gasteiger partial charge in [-0.25, -0.2) is 9.97 Å². The first-order valence-electron chi connectivity index (χ1n) is 11.5. The average Bonchev–Trinajstić information content (AvgIpc) is 3.32. The molecule has 1 aliphatic carbocycles. The molecule has 2 aliphatic heterocycles. The molecule has 9 heteroatoms. The minimum absolute atomic E-state index is 0.140. The van der Waals surface area contributed by atoms with Gasteiger partial charge in [-0.3, -0.25) is 9.59 Å². The Hall–Kier alpha value is -1.54. The van der Waals surface area contributed by atoms with Crippen molar-refractivity contribution >= 4 is 41.0 Å². The highest BCUT2D eigenvalue weighted by Crippen LogP contribution is 2.28. The zero-order valence-corrected chi connectivity index (χ0v) is 19.8. The van der Waals surface area contributed by atoms with Crippen LogP contribution in [0.15, 0.2) is 11.2 Å². The summed E-state index contributed by atoms with van der Waals surface area (Å²) in [7, 11) is 0. The Balaban J connectivity index is 1.30. The van der Waals surface area contributed by atoms with E-state index in [-0.39, 0.29) is 11.8 Å². The van der Waals surface area contributed by atoms with Crippen molar-refractivity contribution in [3.63, 3.8) is 0 Å². The van der Waals surface area contributed by atoms with Crippen LogP contribution in [0.25, 0.3) is 0 Å². The van der Waals surface area contributed by atoms with Gasteiger partial charge in [-0.15, -0.1) is 0 Å². The van der Waals surface area contributed by atoms with E-state index < -0.39 is 0 Å². The number of nitrogens with zero attached hydrogens (tertiary/aromatic N) is 5. The fourth-order valence-electron chi connectivity index (χ4n) is 4.67. The fraction of sp³-hybridized carbons (Fsp3) is 0.727. The molecular weight excluding hydrogens is 434 g/mol. The molecule has 2 amide bonds. The van der Waals surface area contributed by atoms with E-state index in [0.29, 0.717) is 41.0 Å². The molecule has 3 heterocycles. The second kappa shape index (κ2) is 10.4. The lowest BCUT2D eigenvalue weighted by Crippen LogP contribution is -2.50. The first-order chi connectivity index (χ1) is 15.0. The minimum atomic E-state index is 0.140. The highest BCUT2D eigenvalue weighted by molar-refractivity contribution is 7.99. The third kappa shape index (κ3) is 5.83. The van der Waals surface area contributed by atoms with Gasteiger partial charge in [0.05, 0.1) is 5.75 Å². The normalized spacial score (nSPS) is 21.0. The van der Waals surface area contributed by atoms with E-state index in [2.05, 4.69) is 21.8 Å². The Kier molecular flexibility index (Phi) is 7.59. The molecule has 1 aromatic rings. The molecule has 0 spiro atoms. The fourth-order valence-corrected chi connectivity index (χ4v) is 5.66. The smallest absolute Gasteiger partial charge is 0.233 e. The highest BCUT2D eigenvalue weighted by Gasteiger charge is 2.30. The monoisotopic (exact) mass is 465 g/mol. The van der Waals surface area contributed by atoms with E-state index in [1.54, 1.807) is 6.07 Å². The second-order valence-corrected chi connectivity index (χ2v) is 10.3. The van der Waals surface area contributed by atoms with E-state index >= 15 is 0 Å². The Bertz CT molecular complexity index is 788. The first kappa shape index (κ1) is 22.6. The van der Waals surface area contributed by atoms with Crippen LogP contribution in [0.5, 0.6) is 0 Å². The number of amides is 2. The number of likely N-dealkylation sites (tertiary alicyclic amines) is 1. The summed E-state index contributed by atoms with van der Waals surface area (Å²) in [5.41, 5.74) is 0. The quantitative estimate of drug-likeness (QED) is 0.377. The van der Waals surface area contributed by atoms with Crippen LogP contribution >= 0.6 is 23.4 Å². The summed E-state index contributed by atoms with van der Waals surface area (Å²) in [6.45, 7) is 6.82. The maximum atomic E-state index is 12.7. The summed E-state index contributed by atoms with van der Waals surface area (Å²) in [6.07, 6.45) is 6.57. The van der Waals surface area contributed by atoms with Crippen molar-refractivity contribution in [1.29, 1.82) is 0 Å². The van der Waals surface area contributed by atoms with Gasteiger partial charge in [0, 0.05) is 51.3 Å². The number of hydrogen-bond acceptors (Lipinski definition) is 6. The molecule has 2 saturated heterocycles. The molecule has 0 aromatic carbocycles. The van der Waals surface area contributed by atoms with E-state index in [4.69, 9.17) is 11.6 Å². The first-order valence-corrected chi connectivity index (χ1v) is 12.8. The van der Waals surface area contributed by atoms with Crippen molar-refractivity contribution in [3.05, 3.63) is 11.2 Å². The number of piperazine rings is 1. The van der Waals surface area contributed by atoms with E-state index in [1.807, 2.05) is 9.80 Å². The minimum Gasteiger partial charge on any atom is -0.353 e. The van der Waals surface area contributed by atoms with Crippen molar-refractivity contribution in [3.8, 4) is 0 Å². The second-order valence-electron chi connectivity index (χ2n) is 8.98. The molecule has 0 bridgehead atoms. The van der Waals surface area contributed by atoms with Crippen molar-refractivity contribution in [2.45, 2.75) is 50.6 Å². The summed E-state index contributed by atoms with van der Waals surface area (Å²) in [5, 5.41) is 0.918. The van der Waals surface area contributed by atoms with Gasteiger partial charge < -0.3 is 14.7 Å². The van der Waals surface area contributed by atoms with Crippen molar-refractivity contribution in [1.82, 2.24) is 19.8 Å². The molecule has 170 valence electrons. The third-order valence-corrected chi connectivity index (χ3v) is 7.77. The molecule has 0 N–H and O–H groups in total. The van der Waals surface area contributed by atoms with E-state index in [0.717, 1.165) is 57.7 Å². The number of piperidine rings is 1. The molecule has 4 rings (SSSR count). The lowest BCUT2D eigenvalue weighted by Gasteiger charge is -2.36. The lowest BCUT2D eigenvalue weighted by molar-refractivity contribution is -0.135. The third-order valence-electron chi connectivity index (χ3n) is 6.74. The molecule has 7 nitrogen and oxygen atoms in total. The number of rotatable bonds is 5. The van der Waals surface area contributed by atoms with Gasteiger partial charge in [-0.05, 0) is 31.6 Å². The zero-order valence-electron chi connectivity index (χ0n) is 18.3. The molecule has 0 radical (unpaired) electrons. The summed E-state index contributed by atoms with van der Waals surface area (Å²) in [6, 6.07) is 1.77. The lowest BCUT2D eigenvalue weighted by atomic mass is 9.99. The number of hydrogen-bond donors (Lipinski definition) is 0. The largest absolute Gasteiger partial charge is 0.353 e. The molecular formula is C22H32ClN5O2S. The van der Waals surface area contributed by atoms with Gasteiger partial charge >= 0.3 is 0 Å². The topological polar surface area (TPSA) is 69.6 Å². The summed E-state index contributed by atoms with van der Waals surface area (Å²) in [4.78, 5) is 40.3. The van der Waals surface area contributed by atoms with Crippen molar-refractivity contribution in [2.24, 2.45) is 11.8 Å². The van der Waals surface area contributed by atoms with E-state index in [1.165, 1.54) is 24.6 Å². The van der Waals surface area contributed by atoms with Crippen LogP contribution in [0.2, 0.25) is 5.15 Å². The van der Waals surface area contributed by atoms with Crippen molar-refractivity contribution in [2.75, 3.05) is 49.9 Å². The summed E-state index contributed by atoms with van der Waals surface area (Å²) < 4.78 is 0. The molecule has 1 saturated carbocycles. The Morgan fingerprint density at radius 3 is 2.35 bits per heavy atom. The van der Waals surface area contributed by atoms with Gasteiger partial charge in [0.15, 0.2) is 5.16 Å². The summed E-state index contributed by atoms with van der Waals surface area (Å²) >= 11 is 7.61. The van der Waals surface area contributed by atoms with Crippen LogP contribution in [0.3, 0.4) is 0 Å². The van der Waals surface area contributed by atoms with Crippen LogP contribution in [0.4, 0.5) is 5.82 Å². The molecule has 3 fully saturated rings. The van der Waals surface area contributed by atoms with Crippen LogP contribution in [0, 0.1) is 11.8 Å². The number of carbonyl (C=O) groups is 2. The van der Waals surface area contributed by atoms with Crippen LogP contribution in [-0.2, 0) is 9.59 Å². The van der Waals surface area contributed by atoms with Gasteiger partial charge in [0.1, 0.15) is 11.0 Å². The van der Waals surface area contributed by atoms with Crippen LogP contribution in [-0.4, -0.2) is 76.6 Å². The zero-order chi connectivity index (χ0) is 21.8. The average molecular weight is 466 g/mol. The molecule has 0 unspecified atom stereocenters. The maximum absolute atomic E-state index is 12.7. The number of aromatic nitrogens is 2. The predicted octanol–water partition coefficient (Wildman–Crippen LogP) is 3.32. The molecule has 1 aromatic heterocycles. The van der Waals surface area contributed by atoms with Gasteiger partial charge in [-0.2, -0.15) is 0 Å². The summed E-state index contributed by atoms with van der Waals surface area (Å²) in [5.74, 6) is 2.49. The number of carbonyl (C=O) groups excluding carboxylic acids is 2. The standard InChI is InChI=1S/C22H32ClN5O2S/c1-16-6-8-27(9-7-16)20(29)15-31-22-24-18(23)14-19(25-22)26-10-12-28(13-11-26)21(30)17-4-2-3-5-17/h14,16-17H,2-13,15H2,1H3. The number of thioether (sulfide) groups is 1.